The highest BCUT2D eigenvalue weighted by molar-refractivity contribution is 5.34. The third kappa shape index (κ3) is 4.33. The quantitative estimate of drug-likeness (QED) is 0.853. The first-order chi connectivity index (χ1) is 8.34. The van der Waals surface area contributed by atoms with Crippen LogP contribution >= 0.6 is 0 Å². The third-order valence-electron chi connectivity index (χ3n) is 2.73. The molecule has 0 aliphatic heterocycles. The highest BCUT2D eigenvalue weighted by Crippen LogP contribution is 2.34. The number of aryl methyl sites for hydroxylation is 1. The average Bonchev–Trinajstić information content (AvgIpc) is 2.25. The van der Waals surface area contributed by atoms with Gasteiger partial charge in [-0.1, -0.05) is 26.0 Å². The minimum atomic E-state index is -4.31. The van der Waals surface area contributed by atoms with Gasteiger partial charge in [0.15, 0.2) is 0 Å². The zero-order valence-corrected chi connectivity index (χ0v) is 10.7. The summed E-state index contributed by atoms with van der Waals surface area (Å²) in [7, 11) is 0. The number of benzene rings is 1. The van der Waals surface area contributed by atoms with Crippen molar-refractivity contribution in [2.45, 2.75) is 39.3 Å². The van der Waals surface area contributed by atoms with Gasteiger partial charge in [0.1, 0.15) is 0 Å². The predicted octanol–water partition coefficient (Wildman–Crippen LogP) is 3.83. The van der Waals surface area contributed by atoms with Crippen LogP contribution in [0, 0.1) is 5.92 Å². The van der Waals surface area contributed by atoms with Gasteiger partial charge < -0.3 is 5.11 Å². The molecule has 0 fully saturated rings. The zero-order chi connectivity index (χ0) is 13.8. The van der Waals surface area contributed by atoms with Gasteiger partial charge in [0, 0.05) is 6.61 Å². The molecule has 0 amide bonds. The molecule has 0 radical (unpaired) electrons. The summed E-state index contributed by atoms with van der Waals surface area (Å²) in [4.78, 5) is 0. The molecule has 0 saturated carbocycles. The first-order valence-electron chi connectivity index (χ1n) is 6.14. The number of aliphatic hydroxyl groups excluding tert-OH is 1. The monoisotopic (exact) mass is 260 g/mol. The molecule has 0 aliphatic carbocycles. The zero-order valence-electron chi connectivity index (χ0n) is 10.7. The maximum atomic E-state index is 13.0. The van der Waals surface area contributed by atoms with Crippen LogP contribution in [0.3, 0.4) is 0 Å². The molecule has 1 aromatic carbocycles. The van der Waals surface area contributed by atoms with Crippen LogP contribution in [0.5, 0.6) is 0 Å². The Morgan fingerprint density at radius 2 is 1.89 bits per heavy atom. The summed E-state index contributed by atoms with van der Waals surface area (Å²) in [5.41, 5.74) is 0.445. The maximum absolute atomic E-state index is 13.0. The molecular weight excluding hydrogens is 241 g/mol. The molecule has 102 valence electrons. The van der Waals surface area contributed by atoms with Crippen molar-refractivity contribution >= 4 is 0 Å². The molecular formula is C14H19F3O. The molecule has 0 bridgehead atoms. The van der Waals surface area contributed by atoms with Crippen LogP contribution in [0.4, 0.5) is 13.2 Å². The summed E-state index contributed by atoms with van der Waals surface area (Å²) < 4.78 is 38.9. The molecule has 1 rings (SSSR count). The normalized spacial score (nSPS) is 12.2. The van der Waals surface area contributed by atoms with E-state index in [9.17, 15) is 13.2 Å². The Morgan fingerprint density at radius 1 is 1.22 bits per heavy atom. The fraction of sp³-hybridized carbons (Fsp3) is 0.571. The van der Waals surface area contributed by atoms with Gasteiger partial charge in [-0.2, -0.15) is 13.2 Å². The van der Waals surface area contributed by atoms with Crippen molar-refractivity contribution in [2.75, 3.05) is 6.61 Å². The van der Waals surface area contributed by atoms with Crippen LogP contribution < -0.4 is 0 Å². The Kier molecular flexibility index (Phi) is 5.20. The summed E-state index contributed by atoms with van der Waals surface area (Å²) in [5, 5.41) is 8.71. The van der Waals surface area contributed by atoms with Gasteiger partial charge >= 0.3 is 6.18 Å². The van der Waals surface area contributed by atoms with Gasteiger partial charge in [0.25, 0.3) is 0 Å². The fourth-order valence-corrected chi connectivity index (χ4v) is 1.94. The molecule has 0 aromatic heterocycles. The summed E-state index contributed by atoms with van der Waals surface area (Å²) in [6, 6.07) is 4.51. The molecule has 0 spiro atoms. The van der Waals surface area contributed by atoms with Crippen LogP contribution in [-0.2, 0) is 19.0 Å². The van der Waals surface area contributed by atoms with Crippen molar-refractivity contribution in [1.82, 2.24) is 0 Å². The van der Waals surface area contributed by atoms with E-state index in [0.29, 0.717) is 30.4 Å². The van der Waals surface area contributed by atoms with E-state index in [1.807, 2.05) is 13.8 Å². The highest BCUT2D eigenvalue weighted by Gasteiger charge is 2.33. The van der Waals surface area contributed by atoms with E-state index in [1.54, 1.807) is 12.1 Å². The Labute approximate surface area is 106 Å². The molecule has 0 atom stereocenters. The van der Waals surface area contributed by atoms with E-state index < -0.39 is 11.7 Å². The van der Waals surface area contributed by atoms with E-state index >= 15 is 0 Å². The number of alkyl halides is 3. The van der Waals surface area contributed by atoms with E-state index in [1.165, 1.54) is 6.07 Å². The van der Waals surface area contributed by atoms with Gasteiger partial charge in [-0.05, 0) is 42.4 Å². The number of aliphatic hydroxyl groups is 1. The standard InChI is InChI=1S/C14H19F3O/c1-10(2)8-12-6-5-11(4-3-7-18)9-13(12)14(15,16)17/h5-6,9-10,18H,3-4,7-8H2,1-2H3. The largest absolute Gasteiger partial charge is 0.416 e. The predicted molar refractivity (Wildman–Crippen MR) is 65.4 cm³/mol. The highest BCUT2D eigenvalue weighted by atomic mass is 19.4. The first kappa shape index (κ1) is 15.0. The second-order valence-electron chi connectivity index (χ2n) is 4.91. The van der Waals surface area contributed by atoms with Gasteiger partial charge in [-0.15, -0.1) is 0 Å². The molecule has 0 unspecified atom stereocenters. The Bertz CT molecular complexity index is 383. The summed E-state index contributed by atoms with van der Waals surface area (Å²) in [5.74, 6) is 0.189. The number of hydrogen-bond acceptors (Lipinski definition) is 1. The lowest BCUT2D eigenvalue weighted by atomic mass is 9.95. The summed E-state index contributed by atoms with van der Waals surface area (Å²) in [6.07, 6.45) is -2.92. The van der Waals surface area contributed by atoms with Gasteiger partial charge in [-0.3, -0.25) is 0 Å². The van der Waals surface area contributed by atoms with E-state index in [2.05, 4.69) is 0 Å². The van der Waals surface area contributed by atoms with Gasteiger partial charge in [-0.25, -0.2) is 0 Å². The van der Waals surface area contributed by atoms with Gasteiger partial charge in [0.05, 0.1) is 5.56 Å². The SMILES string of the molecule is CC(C)Cc1ccc(CCCO)cc1C(F)(F)F. The van der Waals surface area contributed by atoms with Crippen molar-refractivity contribution in [3.8, 4) is 0 Å². The molecule has 0 aliphatic rings. The van der Waals surface area contributed by atoms with Crippen molar-refractivity contribution in [2.24, 2.45) is 5.92 Å². The second-order valence-corrected chi connectivity index (χ2v) is 4.91. The Hall–Kier alpha value is -1.03. The molecule has 0 heterocycles. The second kappa shape index (κ2) is 6.23. The molecule has 1 N–H and O–H groups in total. The molecule has 4 heteroatoms. The lowest BCUT2D eigenvalue weighted by Crippen LogP contribution is -2.11. The van der Waals surface area contributed by atoms with Crippen molar-refractivity contribution in [1.29, 1.82) is 0 Å². The Morgan fingerprint density at radius 3 is 2.39 bits per heavy atom. The topological polar surface area (TPSA) is 20.2 Å². The molecule has 0 saturated heterocycles. The fourth-order valence-electron chi connectivity index (χ4n) is 1.94. The maximum Gasteiger partial charge on any atom is 0.416 e. The number of hydrogen-bond donors (Lipinski definition) is 1. The summed E-state index contributed by atoms with van der Waals surface area (Å²) in [6.45, 7) is 3.80. The molecule has 1 aromatic rings. The van der Waals surface area contributed by atoms with Gasteiger partial charge in [0.2, 0.25) is 0 Å². The Balaban J connectivity index is 3.05. The van der Waals surface area contributed by atoms with Crippen LogP contribution in [-0.4, -0.2) is 11.7 Å². The summed E-state index contributed by atoms with van der Waals surface area (Å²) >= 11 is 0. The van der Waals surface area contributed by atoms with E-state index in [4.69, 9.17) is 5.11 Å². The lowest BCUT2D eigenvalue weighted by molar-refractivity contribution is -0.138. The van der Waals surface area contributed by atoms with Crippen LogP contribution in [0.15, 0.2) is 18.2 Å². The number of rotatable bonds is 5. The lowest BCUT2D eigenvalue weighted by Gasteiger charge is -2.16. The molecule has 1 nitrogen and oxygen atoms in total. The van der Waals surface area contributed by atoms with Crippen LogP contribution in [0.25, 0.3) is 0 Å². The smallest absolute Gasteiger partial charge is 0.396 e. The van der Waals surface area contributed by atoms with Crippen molar-refractivity contribution in [3.63, 3.8) is 0 Å². The third-order valence-corrected chi connectivity index (χ3v) is 2.73. The van der Waals surface area contributed by atoms with Crippen molar-refractivity contribution < 1.29 is 18.3 Å². The van der Waals surface area contributed by atoms with Crippen LogP contribution in [0.1, 0.15) is 37.0 Å². The van der Waals surface area contributed by atoms with E-state index in [0.717, 1.165) is 0 Å². The minimum Gasteiger partial charge on any atom is -0.396 e. The van der Waals surface area contributed by atoms with Crippen LogP contribution in [0.2, 0.25) is 0 Å². The minimum absolute atomic E-state index is 0.00486. The van der Waals surface area contributed by atoms with Crippen molar-refractivity contribution in [3.05, 3.63) is 34.9 Å². The van der Waals surface area contributed by atoms with E-state index in [-0.39, 0.29) is 12.5 Å². The average molecular weight is 260 g/mol. The molecule has 18 heavy (non-hydrogen) atoms. The first-order valence-corrected chi connectivity index (χ1v) is 6.14. The number of halogens is 3.